The first kappa shape index (κ1) is 58.3. The minimum absolute atomic E-state index is 0.0163. The van der Waals surface area contributed by atoms with E-state index in [2.05, 4.69) is 18.8 Å². The molecule has 2 aromatic heterocycles. The van der Waals surface area contributed by atoms with Crippen molar-refractivity contribution in [3.63, 3.8) is 0 Å². The summed E-state index contributed by atoms with van der Waals surface area (Å²) in [6.07, 6.45) is 18.8. The molecule has 0 aliphatic rings. The lowest BCUT2D eigenvalue weighted by molar-refractivity contribution is -0.188. The maximum absolute atomic E-state index is 13.5. The quantitative estimate of drug-likeness (QED) is 0.0287. The Hall–Kier alpha value is -3.78. The third-order valence-electron chi connectivity index (χ3n) is 11.7. The van der Waals surface area contributed by atoms with Gasteiger partial charge in [0.1, 0.15) is 24.2 Å². The monoisotopic (exact) mass is 933 g/mol. The molecule has 2 rings (SSSR count). The lowest BCUT2D eigenvalue weighted by Crippen LogP contribution is -2.45. The summed E-state index contributed by atoms with van der Waals surface area (Å²) in [4.78, 5) is 62.3. The normalized spacial score (nSPS) is 14.3. The molecule has 0 aliphatic carbocycles. The van der Waals surface area contributed by atoms with Crippen LogP contribution in [-0.2, 0) is 42.9 Å². The first-order valence-corrected chi connectivity index (χ1v) is 25.9. The van der Waals surface area contributed by atoms with E-state index in [0.717, 1.165) is 83.0 Å². The van der Waals surface area contributed by atoms with Crippen molar-refractivity contribution in [3.05, 3.63) is 36.2 Å². The van der Waals surface area contributed by atoms with Crippen molar-refractivity contribution in [1.29, 1.82) is 0 Å². The first-order chi connectivity index (χ1) is 31.9. The van der Waals surface area contributed by atoms with Crippen LogP contribution in [0.4, 0.5) is 0 Å². The summed E-state index contributed by atoms with van der Waals surface area (Å²) in [6, 6.07) is 0. The standard InChI is InChI=1S/C52H88N2O12/c1-8-12-23-30-45(55)62-40(7)50(65-48(58)33-26-15-11-4)43(64-47(57)32-25-14-10-3)35-42(63-46(56)31-24-13-9-2)41-37-60-52(54-41)51(44-36-53-38-61-44)66-49(59)34-28-22-20-18-16-17-19-21-27-29-39(5)6/h36-40,42-43,49-51,59H,8-35H2,1-7H3. The van der Waals surface area contributed by atoms with Gasteiger partial charge in [-0.1, -0.05) is 151 Å². The maximum atomic E-state index is 13.5. The van der Waals surface area contributed by atoms with Gasteiger partial charge in [0.25, 0.3) is 0 Å². The van der Waals surface area contributed by atoms with Crippen molar-refractivity contribution in [1.82, 2.24) is 9.97 Å². The van der Waals surface area contributed by atoms with Crippen molar-refractivity contribution in [2.45, 2.75) is 265 Å². The summed E-state index contributed by atoms with van der Waals surface area (Å²) < 4.78 is 41.9. The Morgan fingerprint density at radius 1 is 0.591 bits per heavy atom. The second-order valence-corrected chi connectivity index (χ2v) is 18.4. The topological polar surface area (TPSA) is 187 Å². The average molecular weight is 933 g/mol. The summed E-state index contributed by atoms with van der Waals surface area (Å²) in [5, 5.41) is 11.1. The van der Waals surface area contributed by atoms with Crippen LogP contribution in [0.5, 0.6) is 0 Å². The van der Waals surface area contributed by atoms with Crippen LogP contribution in [0.25, 0.3) is 0 Å². The van der Waals surface area contributed by atoms with Crippen LogP contribution in [0.3, 0.4) is 0 Å². The van der Waals surface area contributed by atoms with E-state index in [1.165, 1.54) is 57.4 Å². The third kappa shape index (κ3) is 25.9. The minimum atomic E-state index is -1.24. The number of aromatic nitrogens is 2. The number of esters is 4. The molecule has 6 atom stereocenters. The average Bonchev–Trinajstić information content (AvgIpc) is 4.00. The van der Waals surface area contributed by atoms with E-state index in [-0.39, 0.29) is 49.4 Å². The van der Waals surface area contributed by atoms with Crippen LogP contribution < -0.4 is 0 Å². The van der Waals surface area contributed by atoms with Gasteiger partial charge in [-0.3, -0.25) is 19.2 Å². The van der Waals surface area contributed by atoms with E-state index in [1.54, 1.807) is 6.92 Å². The van der Waals surface area contributed by atoms with E-state index < -0.39 is 60.7 Å². The van der Waals surface area contributed by atoms with Crippen molar-refractivity contribution in [2.75, 3.05) is 0 Å². The number of carbonyl (C=O) groups is 4. The summed E-state index contributed by atoms with van der Waals surface area (Å²) >= 11 is 0. The molecule has 378 valence electrons. The van der Waals surface area contributed by atoms with Crippen molar-refractivity contribution in [3.8, 4) is 0 Å². The molecular weight excluding hydrogens is 845 g/mol. The van der Waals surface area contributed by atoms with E-state index >= 15 is 0 Å². The largest absolute Gasteiger partial charge is 0.459 e. The molecule has 0 spiro atoms. The predicted molar refractivity (Wildman–Crippen MR) is 253 cm³/mol. The number of oxazole rings is 2. The number of rotatable bonds is 41. The SMILES string of the molecule is CCCCCC(=O)OC(CC(OC(=O)CCCCC)C(OC(=O)CCCCC)C(C)OC(=O)CCCCC)c1coc(C(OC(O)CCCCCCCCCCCC(C)C)c2cnco2)n1. The molecule has 14 nitrogen and oxygen atoms in total. The van der Waals surface area contributed by atoms with Gasteiger partial charge in [-0.15, -0.1) is 0 Å². The van der Waals surface area contributed by atoms with Gasteiger partial charge < -0.3 is 37.6 Å². The zero-order valence-electron chi connectivity index (χ0n) is 41.9. The number of carbonyl (C=O) groups excluding carboxylic acids is 4. The Bertz CT molecular complexity index is 1550. The molecule has 2 aromatic rings. The summed E-state index contributed by atoms with van der Waals surface area (Å²) in [5.41, 5.74) is 0.167. The highest BCUT2D eigenvalue weighted by Gasteiger charge is 2.40. The highest BCUT2D eigenvalue weighted by molar-refractivity contribution is 5.72. The van der Waals surface area contributed by atoms with Crippen LogP contribution in [0.15, 0.2) is 27.7 Å². The Kier molecular flexibility index (Phi) is 32.1. The summed E-state index contributed by atoms with van der Waals surface area (Å²) in [5.74, 6) is -1.00. The maximum Gasteiger partial charge on any atom is 0.306 e. The number of unbranched alkanes of at least 4 members (excludes halogenated alkanes) is 16. The highest BCUT2D eigenvalue weighted by atomic mass is 16.6. The number of ether oxygens (including phenoxy) is 5. The second-order valence-electron chi connectivity index (χ2n) is 18.4. The molecule has 66 heavy (non-hydrogen) atoms. The van der Waals surface area contributed by atoms with Gasteiger partial charge in [0.2, 0.25) is 5.89 Å². The Balaban J connectivity index is 2.41. The van der Waals surface area contributed by atoms with Gasteiger partial charge in [-0.2, -0.15) is 0 Å². The van der Waals surface area contributed by atoms with Crippen LogP contribution in [0.1, 0.15) is 258 Å². The second kappa shape index (κ2) is 36.3. The number of aliphatic hydroxyl groups excluding tert-OH is 1. The van der Waals surface area contributed by atoms with Gasteiger partial charge >= 0.3 is 23.9 Å². The van der Waals surface area contributed by atoms with E-state index in [0.29, 0.717) is 32.1 Å². The van der Waals surface area contributed by atoms with E-state index in [4.69, 9.17) is 37.5 Å². The number of aliphatic hydroxyl groups is 1. The molecule has 2 heterocycles. The van der Waals surface area contributed by atoms with Crippen molar-refractivity contribution in [2.24, 2.45) is 5.92 Å². The predicted octanol–water partition coefficient (Wildman–Crippen LogP) is 13.1. The van der Waals surface area contributed by atoms with Crippen LogP contribution in [-0.4, -0.2) is 63.6 Å². The van der Waals surface area contributed by atoms with Crippen LogP contribution >= 0.6 is 0 Å². The fourth-order valence-corrected chi connectivity index (χ4v) is 7.74. The molecule has 0 amide bonds. The highest BCUT2D eigenvalue weighted by Crippen LogP contribution is 2.33. The molecule has 0 aromatic carbocycles. The fourth-order valence-electron chi connectivity index (χ4n) is 7.74. The zero-order valence-corrected chi connectivity index (χ0v) is 41.9. The molecule has 14 heteroatoms. The molecular formula is C52H88N2O12. The first-order valence-electron chi connectivity index (χ1n) is 25.9. The van der Waals surface area contributed by atoms with Crippen molar-refractivity contribution < 1.29 is 56.8 Å². The smallest absolute Gasteiger partial charge is 0.306 e. The summed E-state index contributed by atoms with van der Waals surface area (Å²) in [7, 11) is 0. The minimum Gasteiger partial charge on any atom is -0.459 e. The Morgan fingerprint density at radius 2 is 1.08 bits per heavy atom. The summed E-state index contributed by atoms with van der Waals surface area (Å²) in [6.45, 7) is 14.3. The number of hydrogen-bond donors (Lipinski definition) is 1. The van der Waals surface area contributed by atoms with Crippen molar-refractivity contribution >= 4 is 23.9 Å². The Labute approximate surface area is 396 Å². The van der Waals surface area contributed by atoms with Gasteiger partial charge in [-0.25, -0.2) is 9.97 Å². The Morgan fingerprint density at radius 3 is 1.58 bits per heavy atom. The number of hydrogen-bond acceptors (Lipinski definition) is 14. The molecule has 0 bridgehead atoms. The van der Waals surface area contributed by atoms with Gasteiger partial charge in [0, 0.05) is 32.1 Å². The van der Waals surface area contributed by atoms with Crippen LogP contribution in [0.2, 0.25) is 0 Å². The molecule has 0 fully saturated rings. The van der Waals surface area contributed by atoms with Gasteiger partial charge in [0.05, 0.1) is 6.20 Å². The molecule has 0 saturated carbocycles. The van der Waals surface area contributed by atoms with Gasteiger partial charge in [-0.05, 0) is 51.4 Å². The lowest BCUT2D eigenvalue weighted by Gasteiger charge is -2.32. The molecule has 0 aliphatic heterocycles. The molecule has 0 saturated heterocycles. The molecule has 1 N–H and O–H groups in total. The third-order valence-corrected chi connectivity index (χ3v) is 11.7. The molecule has 6 unspecified atom stereocenters. The fraction of sp³-hybridized carbons (Fsp3) is 0.808. The zero-order chi connectivity index (χ0) is 48.4. The van der Waals surface area contributed by atoms with Crippen LogP contribution in [0, 0.1) is 5.92 Å². The van der Waals surface area contributed by atoms with E-state index in [1.807, 2.05) is 27.7 Å². The molecule has 0 radical (unpaired) electrons. The van der Waals surface area contributed by atoms with Gasteiger partial charge in [0.15, 0.2) is 36.8 Å². The number of nitrogens with zero attached hydrogens (tertiary/aromatic N) is 2. The van der Waals surface area contributed by atoms with E-state index in [9.17, 15) is 24.3 Å². The lowest BCUT2D eigenvalue weighted by atomic mass is 10.00.